The van der Waals surface area contributed by atoms with Crippen molar-refractivity contribution in [1.29, 1.82) is 0 Å². The van der Waals surface area contributed by atoms with Crippen LogP contribution in [-0.4, -0.2) is 16.1 Å². The number of rotatable bonds is 4. The van der Waals surface area contributed by atoms with Crippen molar-refractivity contribution in [3.05, 3.63) is 76.7 Å². The van der Waals surface area contributed by atoms with Crippen molar-refractivity contribution in [2.45, 2.75) is 6.92 Å². The molecule has 1 amide bonds. The number of aromatic nitrogens is 2. The summed E-state index contributed by atoms with van der Waals surface area (Å²) in [5, 5.41) is 13.6. The monoisotopic (exact) mass is 356 g/mol. The molecule has 25 heavy (non-hydrogen) atoms. The number of hydrogen-bond acceptors (Lipinski definition) is 4. The Morgan fingerprint density at radius 1 is 1.08 bits per heavy atom. The number of hydrogen-bond donors (Lipinski definition) is 2. The van der Waals surface area contributed by atoms with E-state index in [4.69, 9.17) is 11.6 Å². The molecule has 2 aromatic carbocycles. The smallest absolute Gasteiger partial charge is 0.276 e. The molecule has 126 valence electrons. The number of aryl methyl sites for hydroxylation is 1. The van der Waals surface area contributed by atoms with Gasteiger partial charge in [-0.25, -0.2) is 4.39 Å². The van der Waals surface area contributed by atoms with Crippen LogP contribution in [0.2, 0.25) is 5.02 Å². The Bertz CT molecular complexity index is 915. The van der Waals surface area contributed by atoms with E-state index in [9.17, 15) is 9.18 Å². The van der Waals surface area contributed by atoms with E-state index in [1.165, 1.54) is 18.2 Å². The summed E-state index contributed by atoms with van der Waals surface area (Å²) in [6.07, 6.45) is 0. The Kier molecular flexibility index (Phi) is 4.90. The lowest BCUT2D eigenvalue weighted by molar-refractivity contribution is 0.102. The molecule has 1 aromatic heterocycles. The van der Waals surface area contributed by atoms with Crippen LogP contribution in [0.25, 0.3) is 0 Å². The molecule has 0 spiro atoms. The fourth-order valence-electron chi connectivity index (χ4n) is 2.14. The van der Waals surface area contributed by atoms with Gasteiger partial charge in [0.2, 0.25) is 0 Å². The topological polar surface area (TPSA) is 66.9 Å². The molecular formula is C18H14ClFN4O. The summed E-state index contributed by atoms with van der Waals surface area (Å²) in [6, 6.07) is 14.9. The first kappa shape index (κ1) is 16.9. The Morgan fingerprint density at radius 3 is 2.56 bits per heavy atom. The molecule has 0 bridgehead atoms. The molecule has 0 atom stereocenters. The van der Waals surface area contributed by atoms with Crippen molar-refractivity contribution in [1.82, 2.24) is 10.2 Å². The molecule has 0 unspecified atom stereocenters. The minimum Gasteiger partial charge on any atom is -0.339 e. The zero-order chi connectivity index (χ0) is 17.8. The number of carbonyl (C=O) groups is 1. The third-order valence-electron chi connectivity index (χ3n) is 3.48. The summed E-state index contributed by atoms with van der Waals surface area (Å²) < 4.78 is 13.1. The van der Waals surface area contributed by atoms with Gasteiger partial charge in [-0.05, 0) is 48.9 Å². The van der Waals surface area contributed by atoms with Crippen molar-refractivity contribution < 1.29 is 9.18 Å². The highest BCUT2D eigenvalue weighted by Crippen LogP contribution is 2.20. The predicted octanol–water partition coefficient (Wildman–Crippen LogP) is 4.57. The van der Waals surface area contributed by atoms with E-state index < -0.39 is 11.7 Å². The largest absolute Gasteiger partial charge is 0.339 e. The van der Waals surface area contributed by atoms with Gasteiger partial charge in [0, 0.05) is 11.4 Å². The maximum Gasteiger partial charge on any atom is 0.276 e. The van der Waals surface area contributed by atoms with Gasteiger partial charge in [-0.2, -0.15) is 0 Å². The molecular weight excluding hydrogens is 343 g/mol. The second-order valence-electron chi connectivity index (χ2n) is 5.33. The zero-order valence-electron chi connectivity index (χ0n) is 13.3. The van der Waals surface area contributed by atoms with Crippen LogP contribution in [0.1, 0.15) is 16.1 Å². The fourth-order valence-corrected chi connectivity index (χ4v) is 2.32. The van der Waals surface area contributed by atoms with Gasteiger partial charge in [-0.1, -0.05) is 29.8 Å². The van der Waals surface area contributed by atoms with Gasteiger partial charge >= 0.3 is 0 Å². The van der Waals surface area contributed by atoms with Gasteiger partial charge in [-0.15, -0.1) is 10.2 Å². The molecule has 1 heterocycles. The van der Waals surface area contributed by atoms with Crippen molar-refractivity contribution >= 4 is 34.7 Å². The summed E-state index contributed by atoms with van der Waals surface area (Å²) in [5.41, 5.74) is 2.49. The van der Waals surface area contributed by atoms with Crippen molar-refractivity contribution in [3.8, 4) is 0 Å². The van der Waals surface area contributed by atoms with Crippen LogP contribution < -0.4 is 10.6 Å². The number of nitrogens with one attached hydrogen (secondary N) is 2. The Hall–Kier alpha value is -2.99. The second kappa shape index (κ2) is 7.27. The average molecular weight is 357 g/mol. The predicted molar refractivity (Wildman–Crippen MR) is 95.9 cm³/mol. The number of benzene rings is 2. The van der Waals surface area contributed by atoms with E-state index in [1.807, 2.05) is 31.2 Å². The van der Waals surface area contributed by atoms with Crippen LogP contribution in [0.15, 0.2) is 54.6 Å². The lowest BCUT2D eigenvalue weighted by Crippen LogP contribution is -2.14. The molecule has 0 saturated heterocycles. The first-order chi connectivity index (χ1) is 12.0. The van der Waals surface area contributed by atoms with E-state index in [1.54, 1.807) is 12.1 Å². The van der Waals surface area contributed by atoms with E-state index in [-0.39, 0.29) is 10.7 Å². The van der Waals surface area contributed by atoms with Crippen LogP contribution in [-0.2, 0) is 0 Å². The second-order valence-corrected chi connectivity index (χ2v) is 5.73. The third kappa shape index (κ3) is 4.10. The maximum absolute atomic E-state index is 13.1. The molecule has 0 aliphatic heterocycles. The highest BCUT2D eigenvalue weighted by atomic mass is 35.5. The van der Waals surface area contributed by atoms with Gasteiger partial charge in [0.1, 0.15) is 5.82 Å². The quantitative estimate of drug-likeness (QED) is 0.718. The number of amides is 1. The maximum atomic E-state index is 13.1. The molecule has 2 N–H and O–H groups in total. The molecule has 0 radical (unpaired) electrons. The number of anilines is 3. The summed E-state index contributed by atoms with van der Waals surface area (Å²) in [6.45, 7) is 1.98. The third-order valence-corrected chi connectivity index (χ3v) is 3.77. The molecule has 0 saturated carbocycles. The van der Waals surface area contributed by atoms with Gasteiger partial charge < -0.3 is 10.6 Å². The molecule has 0 fully saturated rings. The van der Waals surface area contributed by atoms with E-state index in [2.05, 4.69) is 20.8 Å². The first-order valence-electron chi connectivity index (χ1n) is 7.46. The van der Waals surface area contributed by atoms with Gasteiger partial charge in [0.15, 0.2) is 11.5 Å². The summed E-state index contributed by atoms with van der Waals surface area (Å²) >= 11 is 5.69. The van der Waals surface area contributed by atoms with Crippen LogP contribution in [0, 0.1) is 12.7 Å². The average Bonchev–Trinajstić information content (AvgIpc) is 2.61. The highest BCUT2D eigenvalue weighted by molar-refractivity contribution is 6.31. The summed E-state index contributed by atoms with van der Waals surface area (Å²) in [7, 11) is 0. The van der Waals surface area contributed by atoms with Crippen LogP contribution >= 0.6 is 11.6 Å². The Balaban J connectivity index is 1.70. The van der Waals surface area contributed by atoms with E-state index in [0.29, 0.717) is 11.5 Å². The summed E-state index contributed by atoms with van der Waals surface area (Å²) in [4.78, 5) is 12.2. The summed E-state index contributed by atoms with van der Waals surface area (Å²) in [5.74, 6) is -0.487. The standard InChI is InChI=1S/C18H14ClFN4O/c1-11-4-2-3-5-15(11)22-17-9-8-16(23-24-17)18(25)21-12-6-7-14(20)13(19)10-12/h2-10H,1H3,(H,21,25)(H,22,24). The van der Waals surface area contributed by atoms with E-state index in [0.717, 1.165) is 11.3 Å². The van der Waals surface area contributed by atoms with Crippen LogP contribution in [0.3, 0.4) is 0 Å². The van der Waals surface area contributed by atoms with Crippen molar-refractivity contribution in [2.75, 3.05) is 10.6 Å². The SMILES string of the molecule is Cc1ccccc1Nc1ccc(C(=O)Nc2ccc(F)c(Cl)c2)nn1. The first-order valence-corrected chi connectivity index (χ1v) is 7.83. The van der Waals surface area contributed by atoms with Gasteiger partial charge in [0.25, 0.3) is 5.91 Å². The van der Waals surface area contributed by atoms with E-state index >= 15 is 0 Å². The number of halogens is 2. The number of nitrogens with zero attached hydrogens (tertiary/aromatic N) is 2. The van der Waals surface area contributed by atoms with Crippen LogP contribution in [0.4, 0.5) is 21.6 Å². The zero-order valence-corrected chi connectivity index (χ0v) is 14.0. The molecule has 0 aliphatic carbocycles. The number of carbonyl (C=O) groups excluding carboxylic acids is 1. The molecule has 3 aromatic rings. The molecule has 5 nitrogen and oxygen atoms in total. The van der Waals surface area contributed by atoms with Crippen molar-refractivity contribution in [3.63, 3.8) is 0 Å². The minimum atomic E-state index is -0.550. The number of para-hydroxylation sites is 1. The van der Waals surface area contributed by atoms with Crippen LogP contribution in [0.5, 0.6) is 0 Å². The minimum absolute atomic E-state index is 0.0679. The van der Waals surface area contributed by atoms with Gasteiger partial charge in [0.05, 0.1) is 5.02 Å². The van der Waals surface area contributed by atoms with Gasteiger partial charge in [-0.3, -0.25) is 4.79 Å². The molecule has 7 heteroatoms. The fraction of sp³-hybridized carbons (Fsp3) is 0.0556. The lowest BCUT2D eigenvalue weighted by atomic mass is 10.2. The highest BCUT2D eigenvalue weighted by Gasteiger charge is 2.10. The molecule has 3 rings (SSSR count). The molecule has 0 aliphatic rings. The Morgan fingerprint density at radius 2 is 1.88 bits per heavy atom. The normalized spacial score (nSPS) is 10.4. The van der Waals surface area contributed by atoms with Crippen molar-refractivity contribution in [2.24, 2.45) is 0 Å². The lowest BCUT2D eigenvalue weighted by Gasteiger charge is -2.08. The Labute approximate surface area is 148 Å².